The maximum Gasteiger partial charge on any atom is 0.256 e. The molecule has 3 aliphatic rings. The summed E-state index contributed by atoms with van der Waals surface area (Å²) in [4.78, 5) is 21.9. The maximum absolute atomic E-state index is 13.4. The molecule has 7 heteroatoms. The molecule has 0 spiro atoms. The predicted octanol–water partition coefficient (Wildman–Crippen LogP) is 2.08. The average molecular weight is 465 g/mol. The summed E-state index contributed by atoms with van der Waals surface area (Å²) in [6, 6.07) is 14.3. The van der Waals surface area contributed by atoms with Gasteiger partial charge in [0.15, 0.2) is 0 Å². The van der Waals surface area contributed by atoms with Crippen LogP contribution >= 0.6 is 0 Å². The van der Waals surface area contributed by atoms with Crippen molar-refractivity contribution in [3.05, 3.63) is 59.2 Å². The molecule has 0 aromatic heterocycles. The molecule has 3 heterocycles. The molecule has 1 saturated heterocycles. The molecule has 0 saturated carbocycles. The third-order valence-corrected chi connectivity index (χ3v) is 7.36. The number of likely N-dealkylation sites (tertiary alicyclic amines) is 1. The van der Waals surface area contributed by atoms with Gasteiger partial charge in [0.2, 0.25) is 0 Å². The second-order valence-electron chi connectivity index (χ2n) is 10.1. The summed E-state index contributed by atoms with van der Waals surface area (Å²) in [5.41, 5.74) is 4.32. The summed E-state index contributed by atoms with van der Waals surface area (Å²) < 4.78 is 6.20. The highest BCUT2D eigenvalue weighted by atomic mass is 16.5. The lowest BCUT2D eigenvalue weighted by Crippen LogP contribution is -2.44. The number of hydrogen-bond donors (Lipinski definition) is 1. The summed E-state index contributed by atoms with van der Waals surface area (Å²) in [6.07, 6.45) is 1.65. The van der Waals surface area contributed by atoms with Gasteiger partial charge in [-0.25, -0.2) is 0 Å². The van der Waals surface area contributed by atoms with Crippen LogP contribution in [0.15, 0.2) is 42.5 Å². The number of aliphatic hydroxyl groups excluding tert-OH is 1. The van der Waals surface area contributed by atoms with Crippen molar-refractivity contribution in [3.63, 3.8) is 0 Å². The molecule has 0 bridgehead atoms. The van der Waals surface area contributed by atoms with Crippen molar-refractivity contribution in [3.8, 4) is 5.75 Å². The van der Waals surface area contributed by atoms with Crippen LogP contribution in [0.4, 0.5) is 5.69 Å². The molecule has 2 atom stereocenters. The molecule has 3 aliphatic heterocycles. The molecule has 0 aliphatic carbocycles. The molecule has 1 N–H and O–H groups in total. The average Bonchev–Trinajstić information content (AvgIpc) is 3.20. The Morgan fingerprint density at radius 3 is 2.65 bits per heavy atom. The van der Waals surface area contributed by atoms with E-state index < -0.39 is 6.10 Å². The minimum Gasteiger partial charge on any atom is -0.489 e. The Hall–Kier alpha value is -2.61. The van der Waals surface area contributed by atoms with Gasteiger partial charge in [0.25, 0.3) is 5.91 Å². The van der Waals surface area contributed by atoms with E-state index in [4.69, 9.17) is 4.74 Å². The van der Waals surface area contributed by atoms with Crippen molar-refractivity contribution in [2.75, 3.05) is 64.8 Å². The number of nitrogens with zero attached hydrogens (tertiary/aromatic N) is 4. The molecule has 0 radical (unpaired) electrons. The summed E-state index contributed by atoms with van der Waals surface area (Å²) >= 11 is 0. The Morgan fingerprint density at radius 1 is 1.03 bits per heavy atom. The van der Waals surface area contributed by atoms with Crippen LogP contribution in [-0.2, 0) is 13.0 Å². The molecule has 182 valence electrons. The van der Waals surface area contributed by atoms with Crippen molar-refractivity contribution in [2.24, 2.45) is 0 Å². The summed E-state index contributed by atoms with van der Waals surface area (Å²) in [6.45, 7) is 6.00. The van der Waals surface area contributed by atoms with Gasteiger partial charge >= 0.3 is 0 Å². The van der Waals surface area contributed by atoms with Crippen LogP contribution in [0.3, 0.4) is 0 Å². The Kier molecular flexibility index (Phi) is 6.77. The fraction of sp³-hybridized carbons (Fsp3) is 0.519. The van der Waals surface area contributed by atoms with Crippen LogP contribution in [0.1, 0.15) is 27.9 Å². The zero-order chi connectivity index (χ0) is 23.7. The number of aliphatic hydroxyl groups is 1. The molecular weight excluding hydrogens is 428 g/mol. The molecule has 1 unspecified atom stereocenters. The standard InChI is InChI=1S/C27H36N4O3/c1-28-11-10-24(19-28)34-23-7-8-25-26(15-23)29(2)13-14-31(27(25)33)18-22(32)17-30-12-9-20-5-3-4-6-21(20)16-30/h3-8,15,22,24,32H,9-14,16-19H2,1-2H3/t22-,24?/m1/s1. The first kappa shape index (κ1) is 23.1. The van der Waals surface area contributed by atoms with Gasteiger partial charge < -0.3 is 24.5 Å². The maximum atomic E-state index is 13.4. The largest absolute Gasteiger partial charge is 0.489 e. The van der Waals surface area contributed by atoms with E-state index in [1.165, 1.54) is 11.1 Å². The molecule has 1 fully saturated rings. The topological polar surface area (TPSA) is 59.5 Å². The number of amides is 1. The van der Waals surface area contributed by atoms with Gasteiger partial charge in [0, 0.05) is 65.5 Å². The fourth-order valence-corrected chi connectivity index (χ4v) is 5.42. The highest BCUT2D eigenvalue weighted by molar-refractivity contribution is 6.00. The molecule has 2 aromatic rings. The van der Waals surface area contributed by atoms with E-state index in [0.29, 0.717) is 25.2 Å². The number of fused-ring (bicyclic) bond motifs is 2. The SMILES string of the molecule is CN1CCC(Oc2ccc3c(c2)N(C)CCN(C[C@H](O)CN2CCc4ccccc4C2)C3=O)C1. The van der Waals surface area contributed by atoms with Crippen LogP contribution in [0.25, 0.3) is 0 Å². The second-order valence-corrected chi connectivity index (χ2v) is 10.1. The fourth-order valence-electron chi connectivity index (χ4n) is 5.42. The highest BCUT2D eigenvalue weighted by Crippen LogP contribution is 2.30. The van der Waals surface area contributed by atoms with E-state index in [2.05, 4.69) is 46.0 Å². The number of benzene rings is 2. The number of likely N-dealkylation sites (N-methyl/N-ethyl adjacent to an activating group) is 2. The van der Waals surface area contributed by atoms with Crippen molar-refractivity contribution in [2.45, 2.75) is 31.6 Å². The first-order valence-electron chi connectivity index (χ1n) is 12.4. The highest BCUT2D eigenvalue weighted by Gasteiger charge is 2.29. The first-order valence-corrected chi connectivity index (χ1v) is 12.4. The van der Waals surface area contributed by atoms with Gasteiger partial charge in [-0.05, 0) is 43.1 Å². The van der Waals surface area contributed by atoms with E-state index in [0.717, 1.165) is 57.0 Å². The minimum atomic E-state index is -0.581. The third kappa shape index (κ3) is 5.06. The Labute approximate surface area is 202 Å². The smallest absolute Gasteiger partial charge is 0.256 e. The quantitative estimate of drug-likeness (QED) is 0.707. The van der Waals surface area contributed by atoms with Crippen LogP contribution in [0.5, 0.6) is 5.75 Å². The Balaban J connectivity index is 1.22. The molecule has 7 nitrogen and oxygen atoms in total. The lowest BCUT2D eigenvalue weighted by Gasteiger charge is -2.32. The molecule has 2 aromatic carbocycles. The summed E-state index contributed by atoms with van der Waals surface area (Å²) in [7, 11) is 4.13. The van der Waals surface area contributed by atoms with E-state index >= 15 is 0 Å². The van der Waals surface area contributed by atoms with E-state index in [-0.39, 0.29) is 12.0 Å². The number of ether oxygens (including phenoxy) is 1. The normalized spacial score (nSPS) is 22.3. The number of anilines is 1. The number of rotatable bonds is 6. The molecule has 1 amide bonds. The van der Waals surface area contributed by atoms with Gasteiger partial charge in [-0.15, -0.1) is 0 Å². The lowest BCUT2D eigenvalue weighted by atomic mass is 10.00. The number of carbonyl (C=O) groups excluding carboxylic acids is 1. The first-order chi connectivity index (χ1) is 16.5. The van der Waals surface area contributed by atoms with Crippen molar-refractivity contribution in [1.82, 2.24) is 14.7 Å². The number of hydrogen-bond acceptors (Lipinski definition) is 6. The van der Waals surface area contributed by atoms with Crippen molar-refractivity contribution < 1.29 is 14.6 Å². The number of carbonyl (C=O) groups is 1. The van der Waals surface area contributed by atoms with Gasteiger partial charge in [0.05, 0.1) is 17.4 Å². The second kappa shape index (κ2) is 9.94. The van der Waals surface area contributed by atoms with E-state index in [1.54, 1.807) is 4.90 Å². The van der Waals surface area contributed by atoms with Crippen LogP contribution < -0.4 is 9.64 Å². The summed E-state index contributed by atoms with van der Waals surface area (Å²) in [5.74, 6) is 0.798. The lowest BCUT2D eigenvalue weighted by molar-refractivity contribution is 0.0521. The van der Waals surface area contributed by atoms with Crippen LogP contribution in [-0.4, -0.2) is 97.8 Å². The van der Waals surface area contributed by atoms with Gasteiger partial charge in [-0.1, -0.05) is 24.3 Å². The van der Waals surface area contributed by atoms with Crippen LogP contribution in [0, 0.1) is 0 Å². The zero-order valence-corrected chi connectivity index (χ0v) is 20.3. The van der Waals surface area contributed by atoms with E-state index in [1.807, 2.05) is 25.2 Å². The Morgan fingerprint density at radius 2 is 1.85 bits per heavy atom. The van der Waals surface area contributed by atoms with Gasteiger partial charge in [-0.3, -0.25) is 9.69 Å². The molecule has 34 heavy (non-hydrogen) atoms. The molecule has 5 rings (SSSR count). The van der Waals surface area contributed by atoms with Gasteiger partial charge in [-0.2, -0.15) is 0 Å². The predicted molar refractivity (Wildman–Crippen MR) is 134 cm³/mol. The summed E-state index contributed by atoms with van der Waals surface area (Å²) in [5, 5.41) is 10.9. The minimum absolute atomic E-state index is 0.0189. The van der Waals surface area contributed by atoms with Crippen LogP contribution in [0.2, 0.25) is 0 Å². The monoisotopic (exact) mass is 464 g/mol. The molecular formula is C27H36N4O3. The zero-order valence-electron chi connectivity index (χ0n) is 20.3. The van der Waals surface area contributed by atoms with Crippen molar-refractivity contribution >= 4 is 11.6 Å². The van der Waals surface area contributed by atoms with E-state index in [9.17, 15) is 9.90 Å². The van der Waals surface area contributed by atoms with Crippen molar-refractivity contribution in [1.29, 1.82) is 0 Å². The Bertz CT molecular complexity index is 1030. The third-order valence-electron chi connectivity index (χ3n) is 7.36. The number of β-amino-alcohol motifs (C(OH)–C–C–N with tert-alkyl or cyclic N) is 1. The van der Waals surface area contributed by atoms with Gasteiger partial charge in [0.1, 0.15) is 11.9 Å².